The number of anilines is 1. The van der Waals surface area contributed by atoms with Crippen LogP contribution in [0.3, 0.4) is 0 Å². The number of methoxy groups -OCH3 is 1. The third-order valence-electron chi connectivity index (χ3n) is 2.49. The van der Waals surface area contributed by atoms with Gasteiger partial charge in [0, 0.05) is 19.8 Å². The molecule has 5 heteroatoms. The number of aromatic nitrogens is 3. The minimum Gasteiger partial charge on any atom is -0.380 e. The Morgan fingerprint density at radius 1 is 1.41 bits per heavy atom. The van der Waals surface area contributed by atoms with Gasteiger partial charge in [-0.25, -0.2) is 0 Å². The van der Waals surface area contributed by atoms with Crippen LogP contribution in [0.25, 0.3) is 0 Å². The number of rotatable bonds is 5. The van der Waals surface area contributed by atoms with E-state index in [9.17, 15) is 0 Å². The molecule has 1 aromatic carbocycles. The molecule has 0 atom stereocenters. The van der Waals surface area contributed by atoms with E-state index in [2.05, 4.69) is 21.6 Å². The van der Waals surface area contributed by atoms with E-state index in [1.807, 2.05) is 29.8 Å². The summed E-state index contributed by atoms with van der Waals surface area (Å²) in [5.74, 6) is 0.905. The molecule has 0 aliphatic rings. The van der Waals surface area contributed by atoms with Crippen molar-refractivity contribution < 1.29 is 4.74 Å². The van der Waals surface area contributed by atoms with E-state index >= 15 is 0 Å². The number of hydrogen-bond acceptors (Lipinski definition) is 4. The topological polar surface area (TPSA) is 52.0 Å². The third kappa shape index (κ3) is 3.04. The van der Waals surface area contributed by atoms with E-state index < -0.39 is 0 Å². The second-order valence-electron chi connectivity index (χ2n) is 3.85. The predicted octanol–water partition coefficient (Wildman–Crippen LogP) is 1.57. The van der Waals surface area contributed by atoms with Gasteiger partial charge >= 0.3 is 0 Å². The number of ether oxygens (including phenoxy) is 1. The van der Waals surface area contributed by atoms with Crippen molar-refractivity contribution in [3.05, 3.63) is 42.0 Å². The summed E-state index contributed by atoms with van der Waals surface area (Å²) in [4.78, 5) is 0. The largest absolute Gasteiger partial charge is 0.380 e. The predicted molar refractivity (Wildman–Crippen MR) is 65.5 cm³/mol. The number of nitrogens with one attached hydrogen (secondary N) is 1. The molecule has 0 saturated carbocycles. The number of benzene rings is 1. The van der Waals surface area contributed by atoms with Crippen LogP contribution in [0.1, 0.15) is 11.4 Å². The first kappa shape index (κ1) is 11.6. The third-order valence-corrected chi connectivity index (χ3v) is 2.49. The summed E-state index contributed by atoms with van der Waals surface area (Å²) in [7, 11) is 3.62. The molecule has 5 nitrogen and oxygen atoms in total. The Bertz CT molecular complexity index is 481. The fourth-order valence-electron chi connectivity index (χ4n) is 1.59. The first-order valence-corrected chi connectivity index (χ1v) is 5.44. The lowest BCUT2D eigenvalue weighted by Crippen LogP contribution is -2.05. The number of aryl methyl sites for hydroxylation is 1. The van der Waals surface area contributed by atoms with Crippen molar-refractivity contribution in [1.82, 2.24) is 14.8 Å². The van der Waals surface area contributed by atoms with E-state index in [0.29, 0.717) is 13.2 Å². The van der Waals surface area contributed by atoms with Crippen molar-refractivity contribution in [1.29, 1.82) is 0 Å². The minimum absolute atomic E-state index is 0.624. The molecule has 0 spiro atoms. The van der Waals surface area contributed by atoms with Crippen molar-refractivity contribution in [3.63, 3.8) is 0 Å². The van der Waals surface area contributed by atoms with Crippen molar-refractivity contribution in [2.24, 2.45) is 7.05 Å². The Morgan fingerprint density at radius 3 is 3.00 bits per heavy atom. The molecule has 2 rings (SSSR count). The van der Waals surface area contributed by atoms with E-state index in [1.54, 1.807) is 13.4 Å². The molecule has 2 aromatic rings. The standard InChI is InChI=1S/C12H16N4O/c1-16-9-14-15-12(16)7-13-11-5-3-4-10(6-11)8-17-2/h3-6,9,13H,7-8H2,1-2H3. The van der Waals surface area contributed by atoms with Gasteiger partial charge in [-0.3, -0.25) is 0 Å². The monoisotopic (exact) mass is 232 g/mol. The van der Waals surface area contributed by atoms with Gasteiger partial charge in [-0.05, 0) is 17.7 Å². The zero-order chi connectivity index (χ0) is 12.1. The van der Waals surface area contributed by atoms with E-state index in [-0.39, 0.29) is 0 Å². The van der Waals surface area contributed by atoms with Crippen LogP contribution in [0.5, 0.6) is 0 Å². The molecule has 0 radical (unpaired) electrons. The van der Waals surface area contributed by atoms with E-state index in [1.165, 1.54) is 0 Å². The first-order valence-electron chi connectivity index (χ1n) is 5.44. The van der Waals surface area contributed by atoms with Crippen molar-refractivity contribution >= 4 is 5.69 Å². The zero-order valence-electron chi connectivity index (χ0n) is 10.1. The lowest BCUT2D eigenvalue weighted by atomic mass is 10.2. The van der Waals surface area contributed by atoms with Gasteiger partial charge in [-0.1, -0.05) is 12.1 Å². The molecule has 90 valence electrons. The smallest absolute Gasteiger partial charge is 0.151 e. The normalized spacial score (nSPS) is 10.5. The highest BCUT2D eigenvalue weighted by molar-refractivity contribution is 5.45. The first-order chi connectivity index (χ1) is 8.29. The second kappa shape index (κ2) is 5.45. The molecule has 1 heterocycles. The fraction of sp³-hybridized carbons (Fsp3) is 0.333. The SMILES string of the molecule is COCc1cccc(NCc2nncn2C)c1. The Kier molecular flexibility index (Phi) is 3.72. The van der Waals surface area contributed by atoms with E-state index in [0.717, 1.165) is 17.1 Å². The van der Waals surface area contributed by atoms with Crippen LogP contribution < -0.4 is 5.32 Å². The van der Waals surface area contributed by atoms with Crippen LogP contribution in [0.4, 0.5) is 5.69 Å². The molecule has 0 saturated heterocycles. The van der Waals surface area contributed by atoms with Crippen LogP contribution in [-0.2, 0) is 24.9 Å². The van der Waals surface area contributed by atoms with Gasteiger partial charge in [0.25, 0.3) is 0 Å². The lowest BCUT2D eigenvalue weighted by molar-refractivity contribution is 0.185. The zero-order valence-corrected chi connectivity index (χ0v) is 10.1. The molecule has 0 aliphatic heterocycles. The summed E-state index contributed by atoms with van der Waals surface area (Å²) < 4.78 is 6.99. The quantitative estimate of drug-likeness (QED) is 0.850. The highest BCUT2D eigenvalue weighted by Gasteiger charge is 2.00. The molecule has 0 fully saturated rings. The van der Waals surface area contributed by atoms with E-state index in [4.69, 9.17) is 4.74 Å². The maximum atomic E-state index is 5.10. The molecule has 17 heavy (non-hydrogen) atoms. The van der Waals surface area contributed by atoms with Crippen LogP contribution in [-0.4, -0.2) is 21.9 Å². The highest BCUT2D eigenvalue weighted by Crippen LogP contribution is 2.12. The van der Waals surface area contributed by atoms with Gasteiger partial charge in [0.05, 0.1) is 13.2 Å². The van der Waals surface area contributed by atoms with Gasteiger partial charge in [0.15, 0.2) is 5.82 Å². The summed E-state index contributed by atoms with van der Waals surface area (Å²) in [6, 6.07) is 8.14. The van der Waals surface area contributed by atoms with Crippen molar-refractivity contribution in [3.8, 4) is 0 Å². The molecular weight excluding hydrogens is 216 g/mol. The second-order valence-corrected chi connectivity index (χ2v) is 3.85. The lowest BCUT2D eigenvalue weighted by Gasteiger charge is -2.07. The van der Waals surface area contributed by atoms with Crippen molar-refractivity contribution in [2.75, 3.05) is 12.4 Å². The molecular formula is C12H16N4O. The van der Waals surface area contributed by atoms with Gasteiger partial charge in [-0.15, -0.1) is 10.2 Å². The summed E-state index contributed by atoms with van der Waals surface area (Å²) in [6.45, 7) is 1.28. The van der Waals surface area contributed by atoms with Crippen molar-refractivity contribution in [2.45, 2.75) is 13.2 Å². The number of hydrogen-bond donors (Lipinski definition) is 1. The Morgan fingerprint density at radius 2 is 2.29 bits per heavy atom. The van der Waals surface area contributed by atoms with Gasteiger partial charge in [0.2, 0.25) is 0 Å². The van der Waals surface area contributed by atoms with Gasteiger partial charge in [0.1, 0.15) is 6.33 Å². The molecule has 0 aliphatic carbocycles. The van der Waals surface area contributed by atoms with Crippen LogP contribution in [0.15, 0.2) is 30.6 Å². The van der Waals surface area contributed by atoms with Crippen LogP contribution in [0, 0.1) is 0 Å². The Balaban J connectivity index is 1.99. The Hall–Kier alpha value is -1.88. The maximum Gasteiger partial charge on any atom is 0.151 e. The molecule has 0 unspecified atom stereocenters. The summed E-state index contributed by atoms with van der Waals surface area (Å²) in [5, 5.41) is 11.2. The maximum absolute atomic E-state index is 5.10. The Labute approximate surface area is 100 Å². The molecule has 1 N–H and O–H groups in total. The molecule has 0 amide bonds. The minimum atomic E-state index is 0.624. The van der Waals surface area contributed by atoms with Gasteiger partial charge < -0.3 is 14.6 Å². The van der Waals surface area contributed by atoms with Gasteiger partial charge in [-0.2, -0.15) is 0 Å². The molecule has 1 aromatic heterocycles. The highest BCUT2D eigenvalue weighted by atomic mass is 16.5. The number of nitrogens with zero attached hydrogens (tertiary/aromatic N) is 3. The average molecular weight is 232 g/mol. The summed E-state index contributed by atoms with van der Waals surface area (Å²) in [5.41, 5.74) is 2.21. The fourth-order valence-corrected chi connectivity index (χ4v) is 1.59. The average Bonchev–Trinajstić information content (AvgIpc) is 2.73. The summed E-state index contributed by atoms with van der Waals surface area (Å²) in [6.07, 6.45) is 1.69. The summed E-state index contributed by atoms with van der Waals surface area (Å²) >= 11 is 0. The molecule has 0 bridgehead atoms. The van der Waals surface area contributed by atoms with Crippen LogP contribution >= 0.6 is 0 Å². The van der Waals surface area contributed by atoms with Crippen LogP contribution in [0.2, 0.25) is 0 Å².